The molecule has 1 aromatic carbocycles. The summed E-state index contributed by atoms with van der Waals surface area (Å²) in [5.74, 6) is 0. The Morgan fingerprint density at radius 2 is 1.53 bits per heavy atom. The average molecular weight is 262 g/mol. The fourth-order valence-electron chi connectivity index (χ4n) is 2.43. The summed E-state index contributed by atoms with van der Waals surface area (Å²) < 4.78 is 0. The van der Waals surface area contributed by atoms with Gasteiger partial charge >= 0.3 is 0 Å². The minimum Gasteiger partial charge on any atom is -0.329 e. The van der Waals surface area contributed by atoms with Crippen molar-refractivity contribution < 1.29 is 0 Å². The summed E-state index contributed by atoms with van der Waals surface area (Å²) in [6.45, 7) is 9.66. The molecule has 0 saturated heterocycles. The van der Waals surface area contributed by atoms with Crippen molar-refractivity contribution in [1.82, 2.24) is 4.90 Å². The lowest BCUT2D eigenvalue weighted by atomic mass is 10.0. The fourth-order valence-corrected chi connectivity index (χ4v) is 2.43. The lowest BCUT2D eigenvalue weighted by molar-refractivity contribution is 0.195. The molecular formula is C17H30N2. The molecule has 0 heterocycles. The molecule has 0 bridgehead atoms. The minimum atomic E-state index is 0.374. The van der Waals surface area contributed by atoms with Gasteiger partial charge in [-0.25, -0.2) is 0 Å². The Kier molecular flexibility index (Phi) is 7.76. The third kappa shape index (κ3) is 5.33. The van der Waals surface area contributed by atoms with Gasteiger partial charge < -0.3 is 5.73 Å². The van der Waals surface area contributed by atoms with Gasteiger partial charge in [0.15, 0.2) is 0 Å². The van der Waals surface area contributed by atoms with Crippen molar-refractivity contribution in [2.75, 3.05) is 19.6 Å². The molecule has 2 nitrogen and oxygen atoms in total. The Bertz CT molecular complexity index is 324. The van der Waals surface area contributed by atoms with Crippen LogP contribution in [-0.4, -0.2) is 24.5 Å². The van der Waals surface area contributed by atoms with Gasteiger partial charge in [0.25, 0.3) is 0 Å². The highest BCUT2D eigenvalue weighted by molar-refractivity contribution is 5.24. The van der Waals surface area contributed by atoms with Gasteiger partial charge in [-0.1, -0.05) is 56.5 Å². The van der Waals surface area contributed by atoms with E-state index in [0.717, 1.165) is 13.1 Å². The van der Waals surface area contributed by atoms with Crippen LogP contribution in [0.2, 0.25) is 0 Å². The molecule has 19 heavy (non-hydrogen) atoms. The summed E-state index contributed by atoms with van der Waals surface area (Å²) in [7, 11) is 0. The fraction of sp³-hybridized carbons (Fsp3) is 0.647. The number of benzene rings is 1. The zero-order valence-electron chi connectivity index (χ0n) is 12.9. The Hall–Kier alpha value is -0.860. The third-order valence-electron chi connectivity index (χ3n) is 3.72. The molecule has 1 atom stereocenters. The van der Waals surface area contributed by atoms with Crippen molar-refractivity contribution in [3.8, 4) is 0 Å². The number of nitrogens with two attached hydrogens (primary N) is 1. The summed E-state index contributed by atoms with van der Waals surface area (Å²) in [6, 6.07) is 9.22. The first-order valence-corrected chi connectivity index (χ1v) is 7.73. The number of aryl methyl sites for hydroxylation is 1. The Labute approximate surface area is 119 Å². The van der Waals surface area contributed by atoms with E-state index in [1.54, 1.807) is 0 Å². The van der Waals surface area contributed by atoms with E-state index in [-0.39, 0.29) is 0 Å². The molecule has 0 aromatic heterocycles. The van der Waals surface area contributed by atoms with Gasteiger partial charge in [-0.05, 0) is 38.4 Å². The molecule has 0 amide bonds. The number of hydrogen-bond donors (Lipinski definition) is 1. The molecule has 1 aromatic rings. The lowest BCUT2D eigenvalue weighted by Gasteiger charge is -2.31. The largest absolute Gasteiger partial charge is 0.329 e. The molecule has 0 saturated carbocycles. The Balaban J connectivity index is 2.78. The normalized spacial score (nSPS) is 12.9. The lowest BCUT2D eigenvalue weighted by Crippen LogP contribution is -2.35. The molecule has 2 heteroatoms. The molecule has 0 aliphatic rings. The van der Waals surface area contributed by atoms with E-state index in [9.17, 15) is 0 Å². The molecule has 2 N–H and O–H groups in total. The second-order valence-corrected chi connectivity index (χ2v) is 5.41. The zero-order chi connectivity index (χ0) is 14.1. The summed E-state index contributed by atoms with van der Waals surface area (Å²) in [4.78, 5) is 2.57. The number of nitrogens with zero attached hydrogens (tertiary/aromatic N) is 1. The highest BCUT2D eigenvalue weighted by Gasteiger charge is 2.17. The first-order valence-electron chi connectivity index (χ1n) is 7.73. The molecule has 1 rings (SSSR count). The second-order valence-electron chi connectivity index (χ2n) is 5.41. The van der Waals surface area contributed by atoms with Crippen LogP contribution in [-0.2, 0) is 0 Å². The molecule has 108 valence electrons. The van der Waals surface area contributed by atoms with Gasteiger partial charge in [0, 0.05) is 12.6 Å². The molecule has 1 unspecified atom stereocenters. The summed E-state index contributed by atoms with van der Waals surface area (Å²) in [6.07, 6.45) is 5.00. The van der Waals surface area contributed by atoms with Crippen LogP contribution in [0.25, 0.3) is 0 Å². The van der Waals surface area contributed by atoms with Gasteiger partial charge in [0.05, 0.1) is 0 Å². The van der Waals surface area contributed by atoms with E-state index < -0.39 is 0 Å². The van der Waals surface area contributed by atoms with Gasteiger partial charge in [-0.15, -0.1) is 0 Å². The SMILES string of the molecule is CCCCN(CCCC)C(CN)c1ccc(C)cc1. The van der Waals surface area contributed by atoms with Crippen molar-refractivity contribution in [3.05, 3.63) is 35.4 Å². The van der Waals surface area contributed by atoms with Crippen LogP contribution in [0.1, 0.15) is 56.7 Å². The average Bonchev–Trinajstić information content (AvgIpc) is 2.43. The van der Waals surface area contributed by atoms with Crippen LogP contribution in [0.4, 0.5) is 0 Å². The number of unbranched alkanes of at least 4 members (excludes halogenated alkanes) is 2. The summed E-state index contributed by atoms with van der Waals surface area (Å²) in [5, 5.41) is 0. The van der Waals surface area contributed by atoms with E-state index in [2.05, 4.69) is 49.9 Å². The highest BCUT2D eigenvalue weighted by Crippen LogP contribution is 2.21. The maximum Gasteiger partial charge on any atom is 0.0470 e. The maximum atomic E-state index is 6.05. The van der Waals surface area contributed by atoms with Crippen LogP contribution in [0, 0.1) is 6.92 Å². The summed E-state index contributed by atoms with van der Waals surface area (Å²) in [5.41, 5.74) is 8.72. The topological polar surface area (TPSA) is 29.3 Å². The first kappa shape index (κ1) is 16.2. The van der Waals surface area contributed by atoms with Crippen LogP contribution < -0.4 is 5.73 Å². The van der Waals surface area contributed by atoms with Crippen molar-refractivity contribution in [3.63, 3.8) is 0 Å². The van der Waals surface area contributed by atoms with Crippen molar-refractivity contribution >= 4 is 0 Å². The number of rotatable bonds is 9. The summed E-state index contributed by atoms with van der Waals surface area (Å²) >= 11 is 0. The predicted octanol–water partition coefficient (Wildman–Crippen LogP) is 3.90. The van der Waals surface area contributed by atoms with E-state index in [4.69, 9.17) is 5.73 Å². The van der Waals surface area contributed by atoms with Crippen LogP contribution in [0.5, 0.6) is 0 Å². The molecular weight excluding hydrogens is 232 g/mol. The predicted molar refractivity (Wildman–Crippen MR) is 84.4 cm³/mol. The number of hydrogen-bond acceptors (Lipinski definition) is 2. The van der Waals surface area contributed by atoms with E-state index in [0.29, 0.717) is 12.6 Å². The van der Waals surface area contributed by atoms with Crippen LogP contribution in [0.3, 0.4) is 0 Å². The molecule has 0 fully saturated rings. The minimum absolute atomic E-state index is 0.374. The Morgan fingerprint density at radius 1 is 1.00 bits per heavy atom. The van der Waals surface area contributed by atoms with E-state index in [1.807, 2.05) is 0 Å². The van der Waals surface area contributed by atoms with Crippen molar-refractivity contribution in [2.24, 2.45) is 5.73 Å². The van der Waals surface area contributed by atoms with Crippen molar-refractivity contribution in [1.29, 1.82) is 0 Å². The van der Waals surface area contributed by atoms with Gasteiger partial charge in [-0.3, -0.25) is 4.90 Å². The second kappa shape index (κ2) is 9.11. The van der Waals surface area contributed by atoms with Crippen molar-refractivity contribution in [2.45, 2.75) is 52.5 Å². The highest BCUT2D eigenvalue weighted by atomic mass is 15.2. The maximum absolute atomic E-state index is 6.05. The van der Waals surface area contributed by atoms with Gasteiger partial charge in [0.1, 0.15) is 0 Å². The van der Waals surface area contributed by atoms with Crippen LogP contribution in [0.15, 0.2) is 24.3 Å². The molecule has 0 aliphatic heterocycles. The molecule has 0 spiro atoms. The third-order valence-corrected chi connectivity index (χ3v) is 3.72. The van der Waals surface area contributed by atoms with Crippen LogP contribution >= 0.6 is 0 Å². The van der Waals surface area contributed by atoms with E-state index >= 15 is 0 Å². The molecule has 0 radical (unpaired) electrons. The standard InChI is InChI=1S/C17H30N2/c1-4-6-12-19(13-7-5-2)17(14-18)16-10-8-15(3)9-11-16/h8-11,17H,4-7,12-14,18H2,1-3H3. The monoisotopic (exact) mass is 262 g/mol. The van der Waals surface area contributed by atoms with E-state index in [1.165, 1.54) is 36.8 Å². The molecule has 0 aliphatic carbocycles. The van der Waals surface area contributed by atoms with Gasteiger partial charge in [0.2, 0.25) is 0 Å². The zero-order valence-corrected chi connectivity index (χ0v) is 12.9. The quantitative estimate of drug-likeness (QED) is 0.731. The first-order chi connectivity index (χ1) is 9.22. The smallest absolute Gasteiger partial charge is 0.0470 e. The van der Waals surface area contributed by atoms with Gasteiger partial charge in [-0.2, -0.15) is 0 Å². The Morgan fingerprint density at radius 3 is 1.95 bits per heavy atom.